The van der Waals surface area contributed by atoms with Crippen LogP contribution in [0.4, 0.5) is 0 Å². The molecular weight excluding hydrogens is 164 g/mol. The monoisotopic (exact) mass is 174 g/mol. The minimum atomic E-state index is 0.772. The van der Waals surface area contributed by atoms with Crippen molar-refractivity contribution in [2.45, 2.75) is 13.8 Å². The summed E-state index contributed by atoms with van der Waals surface area (Å²) in [7, 11) is 0. The first-order chi connectivity index (χ1) is 6.24. The number of carbonyl (C=O) groups excluding carboxylic acids is 1. The largest absolute Gasteiger partial charge is 0.464 e. The van der Waals surface area contributed by atoms with E-state index in [2.05, 4.69) is 0 Å². The number of fused-ring (bicyclic) bond motifs is 1. The van der Waals surface area contributed by atoms with Crippen molar-refractivity contribution in [3.8, 4) is 0 Å². The smallest absolute Gasteiger partial charge is 0.150 e. The number of hydrogen-bond acceptors (Lipinski definition) is 2. The summed E-state index contributed by atoms with van der Waals surface area (Å²) >= 11 is 0. The van der Waals surface area contributed by atoms with Crippen molar-refractivity contribution >= 4 is 17.3 Å². The van der Waals surface area contributed by atoms with Gasteiger partial charge < -0.3 is 4.42 Å². The molecule has 0 aliphatic carbocycles. The molecule has 0 aliphatic rings. The van der Waals surface area contributed by atoms with Crippen molar-refractivity contribution < 1.29 is 9.21 Å². The molecule has 0 saturated heterocycles. The van der Waals surface area contributed by atoms with E-state index < -0.39 is 0 Å². The van der Waals surface area contributed by atoms with E-state index in [1.54, 1.807) is 6.26 Å². The fourth-order valence-electron chi connectivity index (χ4n) is 1.64. The number of rotatable bonds is 1. The van der Waals surface area contributed by atoms with Crippen LogP contribution in [0.15, 0.2) is 22.8 Å². The van der Waals surface area contributed by atoms with Crippen molar-refractivity contribution in [3.63, 3.8) is 0 Å². The highest BCUT2D eigenvalue weighted by molar-refractivity contribution is 5.91. The zero-order chi connectivity index (χ0) is 9.42. The van der Waals surface area contributed by atoms with E-state index in [0.29, 0.717) is 0 Å². The Hall–Kier alpha value is -1.57. The fraction of sp³-hybridized carbons (Fsp3) is 0.182. The molecule has 0 saturated carbocycles. The average molecular weight is 174 g/mol. The van der Waals surface area contributed by atoms with Crippen molar-refractivity contribution in [3.05, 3.63) is 35.1 Å². The number of aryl methyl sites for hydroxylation is 2. The molecule has 0 spiro atoms. The van der Waals surface area contributed by atoms with Crippen LogP contribution in [0.5, 0.6) is 0 Å². The lowest BCUT2D eigenvalue weighted by atomic mass is 10.0. The number of furan rings is 1. The minimum absolute atomic E-state index is 0.772. The Balaban J connectivity index is 2.92. The molecular formula is C11H10O2. The standard InChI is InChI=1S/C11H10O2/c1-7-5-11-9(3-4-13-11)8(2)10(7)6-12/h3-6H,1-2H3. The Morgan fingerprint density at radius 3 is 2.85 bits per heavy atom. The first kappa shape index (κ1) is 8.05. The van der Waals surface area contributed by atoms with Gasteiger partial charge in [-0.25, -0.2) is 0 Å². The zero-order valence-electron chi connectivity index (χ0n) is 7.63. The van der Waals surface area contributed by atoms with Crippen molar-refractivity contribution in [2.75, 3.05) is 0 Å². The molecule has 1 aromatic carbocycles. The van der Waals surface area contributed by atoms with Gasteiger partial charge in [0.15, 0.2) is 6.29 Å². The van der Waals surface area contributed by atoms with Crippen molar-refractivity contribution in [1.82, 2.24) is 0 Å². The summed E-state index contributed by atoms with van der Waals surface area (Å²) in [6, 6.07) is 3.78. The molecule has 0 atom stereocenters. The third-order valence-electron chi connectivity index (χ3n) is 2.39. The highest BCUT2D eigenvalue weighted by atomic mass is 16.3. The minimum Gasteiger partial charge on any atom is -0.464 e. The molecule has 2 nitrogen and oxygen atoms in total. The second-order valence-corrected chi connectivity index (χ2v) is 3.18. The van der Waals surface area contributed by atoms with E-state index in [0.717, 1.165) is 33.9 Å². The Labute approximate surface area is 76.2 Å². The second-order valence-electron chi connectivity index (χ2n) is 3.18. The van der Waals surface area contributed by atoms with Gasteiger partial charge in [-0.2, -0.15) is 0 Å². The predicted octanol–water partition coefficient (Wildman–Crippen LogP) is 2.86. The van der Waals surface area contributed by atoms with Gasteiger partial charge in [-0.1, -0.05) is 0 Å². The number of aldehydes is 1. The molecule has 0 bridgehead atoms. The lowest BCUT2D eigenvalue weighted by Crippen LogP contribution is -1.91. The molecule has 0 fully saturated rings. The van der Waals surface area contributed by atoms with Crippen LogP contribution in [0.3, 0.4) is 0 Å². The Kier molecular flexibility index (Phi) is 1.69. The number of hydrogen-bond donors (Lipinski definition) is 0. The van der Waals surface area contributed by atoms with Crippen LogP contribution in [0.25, 0.3) is 11.0 Å². The molecule has 2 aromatic rings. The molecule has 66 valence electrons. The van der Waals surface area contributed by atoms with Crippen LogP contribution in [0, 0.1) is 13.8 Å². The van der Waals surface area contributed by atoms with Crippen LogP contribution in [0.1, 0.15) is 21.5 Å². The molecule has 1 heterocycles. The quantitative estimate of drug-likeness (QED) is 0.622. The summed E-state index contributed by atoms with van der Waals surface area (Å²) < 4.78 is 5.26. The molecule has 0 unspecified atom stereocenters. The van der Waals surface area contributed by atoms with E-state index in [4.69, 9.17) is 4.42 Å². The summed E-state index contributed by atoms with van der Waals surface area (Å²) in [4.78, 5) is 10.8. The van der Waals surface area contributed by atoms with Crippen LogP contribution >= 0.6 is 0 Å². The molecule has 13 heavy (non-hydrogen) atoms. The molecule has 2 heteroatoms. The normalized spacial score (nSPS) is 10.6. The predicted molar refractivity (Wildman–Crippen MR) is 51.1 cm³/mol. The Morgan fingerprint density at radius 2 is 2.15 bits per heavy atom. The first-order valence-corrected chi connectivity index (χ1v) is 4.16. The number of benzene rings is 1. The average Bonchev–Trinajstić information content (AvgIpc) is 2.53. The van der Waals surface area contributed by atoms with E-state index in [-0.39, 0.29) is 0 Å². The van der Waals surface area contributed by atoms with E-state index in [1.807, 2.05) is 26.0 Å². The lowest BCUT2D eigenvalue weighted by Gasteiger charge is -2.03. The SMILES string of the molecule is Cc1cc2occc2c(C)c1C=O. The second kappa shape index (κ2) is 2.73. The maximum atomic E-state index is 10.8. The fourth-order valence-corrected chi connectivity index (χ4v) is 1.64. The van der Waals surface area contributed by atoms with E-state index in [1.165, 1.54) is 0 Å². The highest BCUT2D eigenvalue weighted by Gasteiger charge is 2.07. The third kappa shape index (κ3) is 1.06. The van der Waals surface area contributed by atoms with Gasteiger partial charge in [0.25, 0.3) is 0 Å². The molecule has 0 radical (unpaired) electrons. The summed E-state index contributed by atoms with van der Waals surface area (Å²) in [5.41, 5.74) is 3.59. The van der Waals surface area contributed by atoms with Gasteiger partial charge >= 0.3 is 0 Å². The van der Waals surface area contributed by atoms with Crippen LogP contribution < -0.4 is 0 Å². The Morgan fingerprint density at radius 1 is 1.38 bits per heavy atom. The molecule has 0 amide bonds. The van der Waals surface area contributed by atoms with Crippen LogP contribution in [-0.4, -0.2) is 6.29 Å². The van der Waals surface area contributed by atoms with Gasteiger partial charge in [0.05, 0.1) is 6.26 Å². The maximum Gasteiger partial charge on any atom is 0.150 e. The third-order valence-corrected chi connectivity index (χ3v) is 2.39. The molecule has 0 aliphatic heterocycles. The van der Waals surface area contributed by atoms with Gasteiger partial charge in [-0.05, 0) is 37.1 Å². The molecule has 1 aromatic heterocycles. The van der Waals surface area contributed by atoms with Crippen molar-refractivity contribution in [2.24, 2.45) is 0 Å². The topological polar surface area (TPSA) is 30.2 Å². The highest BCUT2D eigenvalue weighted by Crippen LogP contribution is 2.24. The molecule has 0 N–H and O–H groups in total. The molecule has 2 rings (SSSR count). The van der Waals surface area contributed by atoms with E-state index >= 15 is 0 Å². The summed E-state index contributed by atoms with van der Waals surface area (Å²) in [6.45, 7) is 3.85. The lowest BCUT2D eigenvalue weighted by molar-refractivity contribution is 0.112. The zero-order valence-corrected chi connectivity index (χ0v) is 7.63. The van der Waals surface area contributed by atoms with Gasteiger partial charge in [0.2, 0.25) is 0 Å². The van der Waals surface area contributed by atoms with E-state index in [9.17, 15) is 4.79 Å². The number of carbonyl (C=O) groups is 1. The van der Waals surface area contributed by atoms with Gasteiger partial charge in [-0.15, -0.1) is 0 Å². The van der Waals surface area contributed by atoms with Gasteiger partial charge in [0, 0.05) is 10.9 Å². The van der Waals surface area contributed by atoms with Gasteiger partial charge in [0.1, 0.15) is 5.58 Å². The summed E-state index contributed by atoms with van der Waals surface area (Å²) in [5.74, 6) is 0. The van der Waals surface area contributed by atoms with Crippen molar-refractivity contribution in [1.29, 1.82) is 0 Å². The van der Waals surface area contributed by atoms with Crippen LogP contribution in [-0.2, 0) is 0 Å². The maximum absolute atomic E-state index is 10.8. The summed E-state index contributed by atoms with van der Waals surface area (Å²) in [6.07, 6.45) is 2.54. The van der Waals surface area contributed by atoms with Gasteiger partial charge in [-0.3, -0.25) is 4.79 Å². The summed E-state index contributed by atoms with van der Waals surface area (Å²) in [5, 5.41) is 1.02. The Bertz CT molecular complexity index is 466. The first-order valence-electron chi connectivity index (χ1n) is 4.16. The van der Waals surface area contributed by atoms with Crippen LogP contribution in [0.2, 0.25) is 0 Å².